The molecular weight excluding hydrogens is 218 g/mol. The molecule has 0 fully saturated rings. The van der Waals surface area contributed by atoms with Gasteiger partial charge in [-0.15, -0.1) is 0 Å². The fourth-order valence-corrected chi connectivity index (χ4v) is 1.57. The molecule has 0 saturated heterocycles. The Labute approximate surface area is 101 Å². The monoisotopic (exact) mass is 237 g/mol. The highest BCUT2D eigenvalue weighted by molar-refractivity contribution is 5.48. The zero-order valence-corrected chi connectivity index (χ0v) is 10.4. The van der Waals surface area contributed by atoms with E-state index in [2.05, 4.69) is 17.2 Å². The Morgan fingerprint density at radius 1 is 1.41 bits per heavy atom. The van der Waals surface area contributed by atoms with Crippen LogP contribution in [0.5, 0.6) is 0 Å². The van der Waals surface area contributed by atoms with E-state index >= 15 is 0 Å². The van der Waals surface area contributed by atoms with Gasteiger partial charge >= 0.3 is 0 Å². The Morgan fingerprint density at radius 2 is 2.18 bits per heavy atom. The molecule has 0 aliphatic heterocycles. The molecule has 1 rings (SSSR count). The number of rotatable bonds is 7. The molecule has 5 nitrogen and oxygen atoms in total. The molecule has 5 heteroatoms. The van der Waals surface area contributed by atoms with Crippen molar-refractivity contribution in [1.29, 1.82) is 0 Å². The summed E-state index contributed by atoms with van der Waals surface area (Å²) in [6.07, 6.45) is 6.21. The topological polar surface area (TPSA) is 68.1 Å². The van der Waals surface area contributed by atoms with Gasteiger partial charge in [-0.2, -0.15) is 0 Å². The van der Waals surface area contributed by atoms with Gasteiger partial charge in [0.1, 0.15) is 5.82 Å². The second kappa shape index (κ2) is 6.83. The van der Waals surface area contributed by atoms with E-state index in [-0.39, 0.29) is 10.6 Å². The molecule has 0 radical (unpaired) electrons. The summed E-state index contributed by atoms with van der Waals surface area (Å²) < 4.78 is 0. The molecule has 0 unspecified atom stereocenters. The van der Waals surface area contributed by atoms with Gasteiger partial charge in [0.25, 0.3) is 5.69 Å². The predicted octanol–water partition coefficient (Wildman–Crippen LogP) is 3.29. The van der Waals surface area contributed by atoms with E-state index in [1.165, 1.54) is 31.5 Å². The number of nitrogens with one attached hydrogen (secondary N) is 1. The van der Waals surface area contributed by atoms with Gasteiger partial charge in [0.15, 0.2) is 0 Å². The third-order valence-electron chi connectivity index (χ3n) is 2.61. The molecule has 0 saturated carbocycles. The Morgan fingerprint density at radius 3 is 2.82 bits per heavy atom. The van der Waals surface area contributed by atoms with Crippen molar-refractivity contribution >= 4 is 11.5 Å². The summed E-state index contributed by atoms with van der Waals surface area (Å²) in [5, 5.41) is 13.8. The van der Waals surface area contributed by atoms with Crippen LogP contribution in [-0.4, -0.2) is 16.5 Å². The van der Waals surface area contributed by atoms with E-state index in [0.717, 1.165) is 13.0 Å². The predicted molar refractivity (Wildman–Crippen MR) is 68.3 cm³/mol. The number of aryl methyl sites for hydroxylation is 1. The molecule has 1 aromatic rings. The highest BCUT2D eigenvalue weighted by atomic mass is 16.6. The van der Waals surface area contributed by atoms with Crippen LogP contribution < -0.4 is 5.32 Å². The number of hydrogen-bond acceptors (Lipinski definition) is 4. The number of pyridine rings is 1. The fourth-order valence-electron chi connectivity index (χ4n) is 1.57. The summed E-state index contributed by atoms with van der Waals surface area (Å²) in [5.41, 5.74) is 0.711. The van der Waals surface area contributed by atoms with Crippen molar-refractivity contribution in [3.63, 3.8) is 0 Å². The molecule has 0 atom stereocenters. The minimum Gasteiger partial charge on any atom is -0.370 e. The summed E-state index contributed by atoms with van der Waals surface area (Å²) in [7, 11) is 0. The molecule has 1 N–H and O–H groups in total. The number of nitro groups is 1. The Bertz CT molecular complexity index is 380. The van der Waals surface area contributed by atoms with Gasteiger partial charge in [0, 0.05) is 18.3 Å². The first-order chi connectivity index (χ1) is 8.15. The largest absolute Gasteiger partial charge is 0.370 e. The summed E-state index contributed by atoms with van der Waals surface area (Å²) >= 11 is 0. The van der Waals surface area contributed by atoms with Crippen molar-refractivity contribution in [2.45, 2.75) is 39.5 Å². The minimum absolute atomic E-state index is 0.121. The Hall–Kier alpha value is -1.65. The summed E-state index contributed by atoms with van der Waals surface area (Å²) in [6.45, 7) is 4.67. The van der Waals surface area contributed by atoms with Crippen LogP contribution in [0, 0.1) is 17.0 Å². The van der Waals surface area contributed by atoms with E-state index < -0.39 is 0 Å². The first-order valence-corrected chi connectivity index (χ1v) is 6.00. The van der Waals surface area contributed by atoms with Crippen molar-refractivity contribution in [3.8, 4) is 0 Å². The third kappa shape index (κ3) is 4.38. The second-order valence-electron chi connectivity index (χ2n) is 4.10. The average molecular weight is 237 g/mol. The lowest BCUT2D eigenvalue weighted by Crippen LogP contribution is -2.04. The molecule has 0 aliphatic rings. The maximum atomic E-state index is 10.7. The number of aromatic nitrogens is 1. The maximum absolute atomic E-state index is 10.7. The molecule has 0 aromatic carbocycles. The molecule has 17 heavy (non-hydrogen) atoms. The van der Waals surface area contributed by atoms with Crippen LogP contribution in [-0.2, 0) is 0 Å². The molecule has 1 aromatic heterocycles. The van der Waals surface area contributed by atoms with Crippen molar-refractivity contribution in [3.05, 3.63) is 27.9 Å². The SMILES string of the molecule is CCCCCCNc1cc([N+](=O)[O-])c(C)cn1. The number of anilines is 1. The third-order valence-corrected chi connectivity index (χ3v) is 2.61. The quantitative estimate of drug-likeness (QED) is 0.449. The number of hydrogen-bond donors (Lipinski definition) is 1. The van der Waals surface area contributed by atoms with Gasteiger partial charge in [0.05, 0.1) is 11.0 Å². The molecule has 1 heterocycles. The highest BCUT2D eigenvalue weighted by Crippen LogP contribution is 2.19. The fraction of sp³-hybridized carbons (Fsp3) is 0.583. The Kier molecular flexibility index (Phi) is 5.39. The molecule has 0 aliphatic carbocycles. The van der Waals surface area contributed by atoms with Crippen LogP contribution in [0.3, 0.4) is 0 Å². The average Bonchev–Trinajstić information content (AvgIpc) is 2.30. The van der Waals surface area contributed by atoms with E-state index in [1.807, 2.05) is 0 Å². The first kappa shape index (κ1) is 13.4. The normalized spacial score (nSPS) is 10.2. The van der Waals surface area contributed by atoms with Crippen molar-refractivity contribution in [1.82, 2.24) is 4.98 Å². The summed E-state index contributed by atoms with van der Waals surface area (Å²) in [6, 6.07) is 1.50. The molecule has 94 valence electrons. The standard InChI is InChI=1S/C12H19N3O2/c1-3-4-5-6-7-13-12-8-11(15(16)17)10(2)9-14-12/h8-9H,3-7H2,1-2H3,(H,13,14). The number of nitrogens with zero attached hydrogens (tertiary/aromatic N) is 2. The molecule has 0 bridgehead atoms. The lowest BCUT2D eigenvalue weighted by Gasteiger charge is -2.05. The highest BCUT2D eigenvalue weighted by Gasteiger charge is 2.11. The van der Waals surface area contributed by atoms with Crippen molar-refractivity contribution in [2.24, 2.45) is 0 Å². The van der Waals surface area contributed by atoms with Gasteiger partial charge in [-0.05, 0) is 13.3 Å². The van der Waals surface area contributed by atoms with Crippen LogP contribution in [0.2, 0.25) is 0 Å². The zero-order valence-electron chi connectivity index (χ0n) is 10.4. The Balaban J connectivity index is 2.49. The summed E-state index contributed by atoms with van der Waals surface area (Å²) in [5.74, 6) is 0.582. The van der Waals surface area contributed by atoms with E-state index in [9.17, 15) is 10.1 Å². The van der Waals surface area contributed by atoms with Gasteiger partial charge in [0.2, 0.25) is 0 Å². The zero-order chi connectivity index (χ0) is 12.7. The van der Waals surface area contributed by atoms with Gasteiger partial charge in [-0.25, -0.2) is 4.98 Å². The van der Waals surface area contributed by atoms with Crippen LogP contribution in [0.15, 0.2) is 12.3 Å². The number of unbranched alkanes of at least 4 members (excludes halogenated alkanes) is 3. The second-order valence-corrected chi connectivity index (χ2v) is 4.10. The van der Waals surface area contributed by atoms with Crippen LogP contribution in [0.1, 0.15) is 38.2 Å². The van der Waals surface area contributed by atoms with Crippen LogP contribution in [0.4, 0.5) is 11.5 Å². The van der Waals surface area contributed by atoms with Crippen molar-refractivity contribution in [2.75, 3.05) is 11.9 Å². The lowest BCUT2D eigenvalue weighted by atomic mass is 10.2. The maximum Gasteiger partial charge on any atom is 0.277 e. The van der Waals surface area contributed by atoms with Crippen LogP contribution >= 0.6 is 0 Å². The molecule has 0 spiro atoms. The van der Waals surface area contributed by atoms with E-state index in [4.69, 9.17) is 0 Å². The van der Waals surface area contributed by atoms with E-state index in [0.29, 0.717) is 11.4 Å². The first-order valence-electron chi connectivity index (χ1n) is 6.00. The van der Waals surface area contributed by atoms with Gasteiger partial charge in [-0.3, -0.25) is 10.1 Å². The molecular formula is C12H19N3O2. The van der Waals surface area contributed by atoms with Crippen molar-refractivity contribution < 1.29 is 4.92 Å². The lowest BCUT2D eigenvalue weighted by molar-refractivity contribution is -0.385. The minimum atomic E-state index is -0.376. The van der Waals surface area contributed by atoms with Gasteiger partial charge in [-0.1, -0.05) is 26.2 Å². The van der Waals surface area contributed by atoms with Crippen LogP contribution in [0.25, 0.3) is 0 Å². The summed E-state index contributed by atoms with van der Waals surface area (Å²) in [4.78, 5) is 14.5. The smallest absolute Gasteiger partial charge is 0.277 e. The van der Waals surface area contributed by atoms with E-state index in [1.54, 1.807) is 6.92 Å². The van der Waals surface area contributed by atoms with Gasteiger partial charge < -0.3 is 5.32 Å². The molecule has 0 amide bonds.